The van der Waals surface area contributed by atoms with Crippen LogP contribution in [0.5, 0.6) is 0 Å². The number of primary amides is 1. The maximum atomic E-state index is 10.2. The Morgan fingerprint density at radius 2 is 1.82 bits per heavy atom. The predicted molar refractivity (Wildman–Crippen MR) is 46.9 cm³/mol. The van der Waals surface area contributed by atoms with Crippen LogP contribution < -0.4 is 5.73 Å². The maximum Gasteiger partial charge on any atom is 0.241 e. The van der Waals surface area contributed by atoms with E-state index in [2.05, 4.69) is 20.8 Å². The third kappa shape index (κ3) is 8.95. The minimum Gasteiger partial charge on any atom is -0.366 e. The van der Waals surface area contributed by atoms with Gasteiger partial charge in [-0.25, -0.2) is 0 Å². The van der Waals surface area contributed by atoms with Crippen LogP contribution in [0.15, 0.2) is 24.3 Å². The Morgan fingerprint density at radius 3 is 2.18 bits per heavy atom. The van der Waals surface area contributed by atoms with Gasteiger partial charge in [0.05, 0.1) is 0 Å². The molecular formula is C9H15NO. The fourth-order valence-corrected chi connectivity index (χ4v) is 0.495. The maximum absolute atomic E-state index is 10.2. The van der Waals surface area contributed by atoms with Crippen LogP contribution in [0.2, 0.25) is 0 Å². The highest BCUT2D eigenvalue weighted by atomic mass is 16.1. The van der Waals surface area contributed by atoms with Crippen LogP contribution in [-0.2, 0) is 4.79 Å². The molecule has 2 N–H and O–H groups in total. The number of amides is 1. The first-order valence-electron chi connectivity index (χ1n) is 3.57. The van der Waals surface area contributed by atoms with Gasteiger partial charge in [0, 0.05) is 6.08 Å². The van der Waals surface area contributed by atoms with Crippen LogP contribution in [0.1, 0.15) is 20.8 Å². The van der Waals surface area contributed by atoms with E-state index in [1.165, 1.54) is 6.08 Å². The molecule has 0 fully saturated rings. The highest BCUT2D eigenvalue weighted by molar-refractivity contribution is 5.85. The van der Waals surface area contributed by atoms with Crippen molar-refractivity contribution < 1.29 is 4.79 Å². The number of rotatable bonds is 2. The summed E-state index contributed by atoms with van der Waals surface area (Å²) in [4.78, 5) is 10.2. The van der Waals surface area contributed by atoms with E-state index >= 15 is 0 Å². The molecule has 0 aromatic carbocycles. The van der Waals surface area contributed by atoms with Crippen LogP contribution in [0, 0.1) is 5.41 Å². The van der Waals surface area contributed by atoms with Gasteiger partial charge in [-0.2, -0.15) is 0 Å². The summed E-state index contributed by atoms with van der Waals surface area (Å²) in [7, 11) is 0. The summed E-state index contributed by atoms with van der Waals surface area (Å²) in [6, 6.07) is 0. The molecular weight excluding hydrogens is 138 g/mol. The van der Waals surface area contributed by atoms with Crippen molar-refractivity contribution >= 4 is 5.91 Å². The molecule has 0 saturated carbocycles. The average molecular weight is 153 g/mol. The predicted octanol–water partition coefficient (Wildman–Crippen LogP) is 1.63. The summed E-state index contributed by atoms with van der Waals surface area (Å²) in [6.45, 7) is 6.25. The van der Waals surface area contributed by atoms with Crippen molar-refractivity contribution in [3.63, 3.8) is 0 Å². The molecule has 62 valence electrons. The normalized spacial score (nSPS) is 13.0. The van der Waals surface area contributed by atoms with Crippen LogP contribution in [0.25, 0.3) is 0 Å². The largest absolute Gasteiger partial charge is 0.366 e. The second kappa shape index (κ2) is 3.96. The van der Waals surface area contributed by atoms with E-state index in [4.69, 9.17) is 5.73 Å². The molecule has 0 radical (unpaired) electrons. The van der Waals surface area contributed by atoms with Gasteiger partial charge in [-0.3, -0.25) is 4.79 Å². The van der Waals surface area contributed by atoms with E-state index in [1.54, 1.807) is 6.08 Å². The number of hydrogen-bond acceptors (Lipinski definition) is 1. The van der Waals surface area contributed by atoms with E-state index in [-0.39, 0.29) is 5.41 Å². The first kappa shape index (κ1) is 9.95. The molecule has 2 nitrogen and oxygen atoms in total. The molecule has 0 aliphatic rings. The van der Waals surface area contributed by atoms with Gasteiger partial charge in [0.2, 0.25) is 5.91 Å². The third-order valence-corrected chi connectivity index (χ3v) is 0.968. The lowest BCUT2D eigenvalue weighted by molar-refractivity contribution is -0.113. The van der Waals surface area contributed by atoms with Gasteiger partial charge in [0.25, 0.3) is 0 Å². The van der Waals surface area contributed by atoms with Gasteiger partial charge in [-0.1, -0.05) is 39.0 Å². The zero-order chi connectivity index (χ0) is 8.91. The Bertz CT molecular complexity index is 184. The molecule has 0 unspecified atom stereocenters. The minimum absolute atomic E-state index is 0.155. The van der Waals surface area contributed by atoms with Crippen LogP contribution in [0.4, 0.5) is 0 Å². The standard InChI is InChI=1S/C9H15NO/c1-9(2,3)7-5-4-6-8(10)11/h4-7H,1-3H3,(H2,10,11)/b6-4+,7-5+. The molecule has 0 aromatic heterocycles. The van der Waals surface area contributed by atoms with Gasteiger partial charge in [0.1, 0.15) is 0 Å². The van der Waals surface area contributed by atoms with Crippen molar-refractivity contribution in [1.82, 2.24) is 0 Å². The Hall–Kier alpha value is -1.05. The van der Waals surface area contributed by atoms with E-state index in [9.17, 15) is 4.79 Å². The summed E-state index contributed by atoms with van der Waals surface area (Å²) in [6.07, 6.45) is 6.81. The highest BCUT2D eigenvalue weighted by Gasteiger charge is 2.01. The van der Waals surface area contributed by atoms with E-state index in [1.807, 2.05) is 12.2 Å². The lowest BCUT2D eigenvalue weighted by Gasteiger charge is -2.09. The molecule has 0 bridgehead atoms. The van der Waals surface area contributed by atoms with Gasteiger partial charge < -0.3 is 5.73 Å². The molecule has 0 heterocycles. The molecule has 0 atom stereocenters. The zero-order valence-electron chi connectivity index (χ0n) is 7.29. The smallest absolute Gasteiger partial charge is 0.241 e. The molecule has 1 amide bonds. The zero-order valence-corrected chi connectivity index (χ0v) is 7.29. The number of hydrogen-bond donors (Lipinski definition) is 1. The molecule has 11 heavy (non-hydrogen) atoms. The number of allylic oxidation sites excluding steroid dienone is 3. The number of carbonyl (C=O) groups is 1. The monoisotopic (exact) mass is 153 g/mol. The van der Waals surface area contributed by atoms with Crippen molar-refractivity contribution in [2.24, 2.45) is 11.1 Å². The second-order valence-electron chi connectivity index (χ2n) is 3.49. The van der Waals surface area contributed by atoms with E-state index < -0.39 is 5.91 Å². The summed E-state index contributed by atoms with van der Waals surface area (Å²) in [5.41, 5.74) is 5.04. The van der Waals surface area contributed by atoms with Crippen LogP contribution in [-0.4, -0.2) is 5.91 Å². The summed E-state index contributed by atoms with van der Waals surface area (Å²) in [5, 5.41) is 0. The quantitative estimate of drug-likeness (QED) is 0.475. The average Bonchev–Trinajstić information content (AvgIpc) is 1.78. The molecule has 2 heteroatoms. The van der Waals surface area contributed by atoms with Crippen LogP contribution in [0.3, 0.4) is 0 Å². The lowest BCUT2D eigenvalue weighted by Crippen LogP contribution is -2.05. The number of carbonyl (C=O) groups excluding carboxylic acids is 1. The summed E-state index contributed by atoms with van der Waals surface area (Å²) >= 11 is 0. The van der Waals surface area contributed by atoms with Crippen LogP contribution >= 0.6 is 0 Å². The topological polar surface area (TPSA) is 43.1 Å². The van der Waals surface area contributed by atoms with Gasteiger partial charge in [-0.15, -0.1) is 0 Å². The van der Waals surface area contributed by atoms with Crippen molar-refractivity contribution in [2.75, 3.05) is 0 Å². The Morgan fingerprint density at radius 1 is 1.27 bits per heavy atom. The van der Waals surface area contributed by atoms with Gasteiger partial charge in [-0.05, 0) is 5.41 Å². The minimum atomic E-state index is -0.413. The first-order valence-corrected chi connectivity index (χ1v) is 3.57. The van der Waals surface area contributed by atoms with E-state index in [0.717, 1.165) is 0 Å². The van der Waals surface area contributed by atoms with Gasteiger partial charge >= 0.3 is 0 Å². The van der Waals surface area contributed by atoms with Crippen molar-refractivity contribution in [3.8, 4) is 0 Å². The van der Waals surface area contributed by atoms with Crippen molar-refractivity contribution in [1.29, 1.82) is 0 Å². The summed E-state index contributed by atoms with van der Waals surface area (Å²) < 4.78 is 0. The second-order valence-corrected chi connectivity index (χ2v) is 3.49. The summed E-state index contributed by atoms with van der Waals surface area (Å²) in [5.74, 6) is -0.413. The van der Waals surface area contributed by atoms with Crippen molar-refractivity contribution in [3.05, 3.63) is 24.3 Å². The molecule has 0 saturated heterocycles. The molecule has 0 aliphatic carbocycles. The van der Waals surface area contributed by atoms with Crippen molar-refractivity contribution in [2.45, 2.75) is 20.8 Å². The molecule has 0 aromatic rings. The molecule has 0 spiro atoms. The lowest BCUT2D eigenvalue weighted by atomic mass is 9.96. The Kier molecular flexibility index (Phi) is 3.58. The molecule has 0 aliphatic heterocycles. The Balaban J connectivity index is 3.88. The molecule has 0 rings (SSSR count). The number of nitrogens with two attached hydrogens (primary N) is 1. The fourth-order valence-electron chi connectivity index (χ4n) is 0.495. The first-order chi connectivity index (χ1) is 4.92. The SMILES string of the molecule is CC(C)(C)/C=C/C=C/C(N)=O. The highest BCUT2D eigenvalue weighted by Crippen LogP contribution is 2.13. The van der Waals surface area contributed by atoms with Gasteiger partial charge in [0.15, 0.2) is 0 Å². The Labute approximate surface area is 67.8 Å². The fraction of sp³-hybridized carbons (Fsp3) is 0.444. The third-order valence-electron chi connectivity index (χ3n) is 0.968. The van der Waals surface area contributed by atoms with E-state index in [0.29, 0.717) is 0 Å².